The number of morpholine rings is 1. The number of hydrogen-bond donors (Lipinski definition) is 2. The Balaban J connectivity index is 1.16. The molecule has 0 saturated carbocycles. The summed E-state index contributed by atoms with van der Waals surface area (Å²) in [5, 5.41) is 14.4. The molecular weight excluding hydrogens is 504 g/mol. The van der Waals surface area contributed by atoms with Gasteiger partial charge in [0, 0.05) is 43.5 Å². The van der Waals surface area contributed by atoms with E-state index in [9.17, 15) is 14.7 Å². The summed E-state index contributed by atoms with van der Waals surface area (Å²) in [6.07, 6.45) is 3.65. The summed E-state index contributed by atoms with van der Waals surface area (Å²) in [5.41, 5.74) is 4.15. The standard InChI is InChI=1S/C32H44N4O4/c1-3-4-8-29(23(2)37)36-31(38)27-6-5-7-28(30(27)32(36)39)33-21-24-9-11-25(12-10-24)22-34-15-13-26(14-16-34)35-17-19-40-20-18-35/h5-7,9-12,26,29,31,33,38H,3-4,8,13-22H2,1-2H3. The lowest BCUT2D eigenvalue weighted by Gasteiger charge is -2.40. The van der Waals surface area contributed by atoms with Crippen molar-refractivity contribution in [2.45, 2.75) is 77.4 Å². The minimum atomic E-state index is -1.10. The van der Waals surface area contributed by atoms with Crippen LogP contribution in [0.1, 0.15) is 79.2 Å². The lowest BCUT2D eigenvalue weighted by molar-refractivity contribution is -0.125. The van der Waals surface area contributed by atoms with Crippen LogP contribution in [0.5, 0.6) is 0 Å². The van der Waals surface area contributed by atoms with Crippen LogP contribution in [0.2, 0.25) is 0 Å². The number of rotatable bonds is 11. The number of benzene rings is 2. The molecule has 8 heteroatoms. The number of amides is 1. The van der Waals surface area contributed by atoms with Gasteiger partial charge in [-0.2, -0.15) is 0 Å². The van der Waals surface area contributed by atoms with Crippen molar-refractivity contribution in [2.24, 2.45) is 0 Å². The van der Waals surface area contributed by atoms with Crippen LogP contribution in [-0.4, -0.2) is 83.0 Å². The Morgan fingerprint density at radius 3 is 2.42 bits per heavy atom. The predicted octanol–water partition coefficient (Wildman–Crippen LogP) is 4.19. The van der Waals surface area contributed by atoms with E-state index in [1.165, 1.54) is 30.2 Å². The summed E-state index contributed by atoms with van der Waals surface area (Å²) in [7, 11) is 0. The van der Waals surface area contributed by atoms with Gasteiger partial charge in [-0.1, -0.05) is 56.2 Å². The second-order valence-electron chi connectivity index (χ2n) is 11.5. The van der Waals surface area contributed by atoms with E-state index in [0.29, 0.717) is 35.8 Å². The fourth-order valence-corrected chi connectivity index (χ4v) is 6.41. The maximum atomic E-state index is 13.5. The van der Waals surface area contributed by atoms with Crippen molar-refractivity contribution in [3.8, 4) is 0 Å². The summed E-state index contributed by atoms with van der Waals surface area (Å²) in [6, 6.07) is 14.3. The first-order valence-electron chi connectivity index (χ1n) is 15.0. The number of aliphatic hydroxyl groups is 1. The van der Waals surface area contributed by atoms with E-state index in [4.69, 9.17) is 4.74 Å². The fourth-order valence-electron chi connectivity index (χ4n) is 6.41. The number of unbranched alkanes of at least 4 members (excludes halogenated alkanes) is 1. The predicted molar refractivity (Wildman–Crippen MR) is 156 cm³/mol. The molecule has 0 aliphatic carbocycles. The third kappa shape index (κ3) is 6.41. The summed E-state index contributed by atoms with van der Waals surface area (Å²) < 4.78 is 5.51. The molecule has 2 aromatic rings. The SMILES string of the molecule is CCCCC(C(C)=O)N1C(=O)c2c(NCc3ccc(CN4CCC(N5CCOCC5)CC4)cc3)cccc2C1O. The van der Waals surface area contributed by atoms with Crippen LogP contribution in [0, 0.1) is 0 Å². The first-order chi connectivity index (χ1) is 19.5. The number of fused-ring (bicyclic) bond motifs is 1. The molecule has 2 N–H and O–H groups in total. The second-order valence-corrected chi connectivity index (χ2v) is 11.5. The smallest absolute Gasteiger partial charge is 0.259 e. The molecule has 0 aromatic heterocycles. The normalized spacial score (nSPS) is 21.4. The molecule has 0 spiro atoms. The van der Waals surface area contributed by atoms with E-state index in [1.54, 1.807) is 6.07 Å². The van der Waals surface area contributed by atoms with Gasteiger partial charge in [-0.3, -0.25) is 24.3 Å². The molecule has 1 amide bonds. The number of Topliss-reactive ketones (excluding diaryl/α,β-unsaturated/α-hetero) is 1. The number of anilines is 1. The van der Waals surface area contributed by atoms with Crippen LogP contribution >= 0.6 is 0 Å². The number of nitrogens with one attached hydrogen (secondary N) is 1. The van der Waals surface area contributed by atoms with Gasteiger partial charge in [0.05, 0.1) is 24.8 Å². The van der Waals surface area contributed by atoms with Gasteiger partial charge in [-0.05, 0) is 56.5 Å². The molecule has 2 atom stereocenters. The van der Waals surface area contributed by atoms with Crippen LogP contribution in [0.3, 0.4) is 0 Å². The zero-order valence-electron chi connectivity index (χ0n) is 24.0. The number of aliphatic hydroxyl groups excluding tert-OH is 1. The lowest BCUT2D eigenvalue weighted by atomic mass is 10.0. The van der Waals surface area contributed by atoms with Gasteiger partial charge in [0.1, 0.15) is 0 Å². The number of nitrogens with zero attached hydrogens (tertiary/aromatic N) is 3. The Kier molecular flexibility index (Phi) is 9.52. The number of piperidine rings is 1. The highest BCUT2D eigenvalue weighted by atomic mass is 16.5. The summed E-state index contributed by atoms with van der Waals surface area (Å²) in [6.45, 7) is 11.2. The minimum absolute atomic E-state index is 0.0928. The Morgan fingerprint density at radius 2 is 1.75 bits per heavy atom. The molecule has 0 bridgehead atoms. The van der Waals surface area contributed by atoms with Gasteiger partial charge in [-0.15, -0.1) is 0 Å². The maximum Gasteiger partial charge on any atom is 0.259 e. The molecule has 5 rings (SSSR count). The summed E-state index contributed by atoms with van der Waals surface area (Å²) in [5.74, 6) is -0.376. The average Bonchev–Trinajstić information content (AvgIpc) is 3.23. The average molecular weight is 549 g/mol. The quantitative estimate of drug-likeness (QED) is 0.436. The maximum absolute atomic E-state index is 13.5. The Bertz CT molecular complexity index is 1160. The van der Waals surface area contributed by atoms with Crippen molar-refractivity contribution in [1.29, 1.82) is 0 Å². The summed E-state index contributed by atoms with van der Waals surface area (Å²) >= 11 is 0. The van der Waals surface area contributed by atoms with E-state index < -0.39 is 12.3 Å². The molecule has 8 nitrogen and oxygen atoms in total. The molecule has 2 saturated heterocycles. The largest absolute Gasteiger partial charge is 0.380 e. The minimum Gasteiger partial charge on any atom is -0.380 e. The van der Waals surface area contributed by atoms with Crippen LogP contribution in [-0.2, 0) is 22.6 Å². The highest BCUT2D eigenvalue weighted by molar-refractivity contribution is 6.06. The first kappa shape index (κ1) is 28.7. The van der Waals surface area contributed by atoms with Crippen molar-refractivity contribution in [2.75, 3.05) is 44.7 Å². The molecule has 2 fully saturated rings. The highest BCUT2D eigenvalue weighted by Crippen LogP contribution is 2.38. The molecule has 2 unspecified atom stereocenters. The van der Waals surface area contributed by atoms with Crippen molar-refractivity contribution >= 4 is 17.4 Å². The van der Waals surface area contributed by atoms with Crippen molar-refractivity contribution in [1.82, 2.24) is 14.7 Å². The molecule has 3 heterocycles. The molecule has 2 aromatic carbocycles. The van der Waals surface area contributed by atoms with Gasteiger partial charge < -0.3 is 15.2 Å². The zero-order valence-corrected chi connectivity index (χ0v) is 24.0. The van der Waals surface area contributed by atoms with Crippen molar-refractivity contribution in [3.63, 3.8) is 0 Å². The third-order valence-electron chi connectivity index (χ3n) is 8.75. The molecule has 40 heavy (non-hydrogen) atoms. The second kappa shape index (κ2) is 13.3. The number of carbonyl (C=O) groups is 2. The monoisotopic (exact) mass is 548 g/mol. The molecule has 3 aliphatic heterocycles. The van der Waals surface area contributed by atoms with Crippen LogP contribution in [0.4, 0.5) is 5.69 Å². The summed E-state index contributed by atoms with van der Waals surface area (Å²) in [4.78, 5) is 32.4. The molecule has 0 radical (unpaired) electrons. The first-order valence-corrected chi connectivity index (χ1v) is 15.0. The van der Waals surface area contributed by atoms with Crippen molar-refractivity contribution < 1.29 is 19.4 Å². The Hall–Kier alpha value is -2.78. The number of hydrogen-bond acceptors (Lipinski definition) is 7. The number of carbonyl (C=O) groups excluding carboxylic acids is 2. The Morgan fingerprint density at radius 1 is 1.05 bits per heavy atom. The zero-order chi connectivity index (χ0) is 28.1. The van der Waals surface area contributed by atoms with Gasteiger partial charge in [0.15, 0.2) is 12.0 Å². The van der Waals surface area contributed by atoms with Crippen LogP contribution in [0.25, 0.3) is 0 Å². The van der Waals surface area contributed by atoms with E-state index >= 15 is 0 Å². The van der Waals surface area contributed by atoms with Crippen molar-refractivity contribution in [3.05, 3.63) is 64.7 Å². The highest BCUT2D eigenvalue weighted by Gasteiger charge is 2.42. The number of ketones is 1. The van der Waals surface area contributed by atoms with Gasteiger partial charge in [-0.25, -0.2) is 0 Å². The van der Waals surface area contributed by atoms with Gasteiger partial charge in [0.2, 0.25) is 0 Å². The fraction of sp³-hybridized carbons (Fsp3) is 0.562. The van der Waals surface area contributed by atoms with E-state index in [1.807, 2.05) is 12.1 Å². The molecule has 216 valence electrons. The van der Waals surface area contributed by atoms with Gasteiger partial charge in [0.25, 0.3) is 5.91 Å². The molecule has 3 aliphatic rings. The topological polar surface area (TPSA) is 85.4 Å². The molecular formula is C32H44N4O4. The number of ether oxygens (including phenoxy) is 1. The van der Waals surface area contributed by atoms with E-state index in [0.717, 1.165) is 64.3 Å². The third-order valence-corrected chi connectivity index (χ3v) is 8.75. The van der Waals surface area contributed by atoms with Crippen LogP contribution in [0.15, 0.2) is 42.5 Å². The number of likely N-dealkylation sites (tertiary alicyclic amines) is 1. The van der Waals surface area contributed by atoms with Crippen LogP contribution < -0.4 is 5.32 Å². The van der Waals surface area contributed by atoms with Gasteiger partial charge >= 0.3 is 0 Å². The Labute approximate surface area is 238 Å². The lowest BCUT2D eigenvalue weighted by Crippen LogP contribution is -2.48. The van der Waals surface area contributed by atoms with E-state index in [2.05, 4.69) is 46.3 Å². The van der Waals surface area contributed by atoms with E-state index in [-0.39, 0.29) is 11.7 Å².